The Bertz CT molecular complexity index is 388. The van der Waals surface area contributed by atoms with Crippen LogP contribution in [0.15, 0.2) is 0 Å². The molecule has 0 spiro atoms. The van der Waals surface area contributed by atoms with E-state index in [1.54, 1.807) is 0 Å². The Hall–Kier alpha value is -0.790. The van der Waals surface area contributed by atoms with Gasteiger partial charge in [-0.25, -0.2) is 4.18 Å². The minimum absolute atomic E-state index is 0.00697. The van der Waals surface area contributed by atoms with Crippen molar-refractivity contribution in [2.75, 3.05) is 13.7 Å². The predicted octanol–water partition coefficient (Wildman–Crippen LogP) is 2.17. The second-order valence-electron chi connectivity index (χ2n) is 4.51. The maximum atomic E-state index is 11.5. The summed E-state index contributed by atoms with van der Waals surface area (Å²) in [5, 5.41) is 0. The fourth-order valence-electron chi connectivity index (χ4n) is 1.61. The Balaban J connectivity index is 3.68. The van der Waals surface area contributed by atoms with Gasteiger partial charge in [0.1, 0.15) is 0 Å². The Morgan fingerprint density at radius 3 is 2.00 bits per heavy atom. The maximum absolute atomic E-state index is 11.5. The van der Waals surface area contributed by atoms with E-state index in [9.17, 15) is 18.0 Å². The Morgan fingerprint density at radius 2 is 1.45 bits per heavy atom. The lowest BCUT2D eigenvalue weighted by atomic mass is 10.0. The molecular weight excluding hydrogens is 284 g/mol. The number of unbranched alkanes of at least 4 members (excludes halogenated alkanes) is 4. The highest BCUT2D eigenvalue weighted by Gasteiger charge is 2.14. The Labute approximate surface area is 121 Å². The molecule has 0 rings (SSSR count). The number of carbonyl (C=O) groups is 2. The molecule has 0 aliphatic carbocycles. The lowest BCUT2D eigenvalue weighted by Crippen LogP contribution is -2.15. The molecule has 0 atom stereocenters. The van der Waals surface area contributed by atoms with E-state index in [1.165, 1.54) is 0 Å². The summed E-state index contributed by atoms with van der Waals surface area (Å²) >= 11 is 0. The average Bonchev–Trinajstić information content (AvgIpc) is 2.43. The number of rotatable bonds is 13. The van der Waals surface area contributed by atoms with Gasteiger partial charge in [-0.05, 0) is 12.8 Å². The lowest BCUT2D eigenvalue weighted by Gasteiger charge is -2.03. The molecule has 0 heterocycles. The fourth-order valence-corrected chi connectivity index (χ4v) is 2.03. The first-order valence-corrected chi connectivity index (χ1v) is 8.27. The Kier molecular flexibility index (Phi) is 10.5. The van der Waals surface area contributed by atoms with Crippen molar-refractivity contribution in [1.29, 1.82) is 0 Å². The van der Waals surface area contributed by atoms with E-state index in [-0.39, 0.29) is 31.7 Å². The molecule has 0 unspecified atom stereocenters. The van der Waals surface area contributed by atoms with Crippen molar-refractivity contribution >= 4 is 22.0 Å². The number of carbonyl (C=O) groups excluding carboxylic acids is 2. The van der Waals surface area contributed by atoms with Gasteiger partial charge in [-0.1, -0.05) is 32.6 Å². The van der Waals surface area contributed by atoms with Crippen LogP contribution in [-0.2, 0) is 28.4 Å². The van der Waals surface area contributed by atoms with Crippen LogP contribution >= 0.6 is 0 Å². The van der Waals surface area contributed by atoms with E-state index in [0.717, 1.165) is 39.2 Å². The van der Waals surface area contributed by atoms with Crippen molar-refractivity contribution in [1.82, 2.24) is 0 Å². The molecule has 0 aliphatic heterocycles. The van der Waals surface area contributed by atoms with Gasteiger partial charge in [-0.3, -0.25) is 13.8 Å². The van der Waals surface area contributed by atoms with E-state index in [1.807, 2.05) is 0 Å². The highest BCUT2D eigenvalue weighted by atomic mass is 32.3. The van der Waals surface area contributed by atoms with Crippen molar-refractivity contribution < 1.29 is 26.4 Å². The molecule has 0 fully saturated rings. The van der Waals surface area contributed by atoms with Gasteiger partial charge in [0.05, 0.1) is 13.7 Å². The zero-order valence-corrected chi connectivity index (χ0v) is 13.0. The van der Waals surface area contributed by atoms with Crippen molar-refractivity contribution in [3.05, 3.63) is 0 Å². The van der Waals surface area contributed by atoms with Crippen LogP contribution in [0, 0.1) is 0 Å². The van der Waals surface area contributed by atoms with E-state index >= 15 is 0 Å². The van der Waals surface area contributed by atoms with Gasteiger partial charge in [0.25, 0.3) is 0 Å². The van der Waals surface area contributed by atoms with Gasteiger partial charge in [0, 0.05) is 12.8 Å². The monoisotopic (exact) mass is 308 g/mol. The molecule has 0 aromatic heterocycles. The fraction of sp³-hybridized carbons (Fsp3) is 0.846. The maximum Gasteiger partial charge on any atom is 0.399 e. The van der Waals surface area contributed by atoms with Gasteiger partial charge in [0.15, 0.2) is 11.6 Å². The molecule has 0 bridgehead atoms. The molecule has 0 aromatic rings. The Morgan fingerprint density at radius 1 is 0.900 bits per heavy atom. The number of hydrogen-bond donors (Lipinski definition) is 0. The van der Waals surface area contributed by atoms with E-state index < -0.39 is 16.2 Å². The van der Waals surface area contributed by atoms with Crippen molar-refractivity contribution in [2.24, 2.45) is 0 Å². The van der Waals surface area contributed by atoms with Crippen molar-refractivity contribution in [3.8, 4) is 0 Å². The van der Waals surface area contributed by atoms with Gasteiger partial charge >= 0.3 is 10.4 Å². The van der Waals surface area contributed by atoms with E-state index in [0.29, 0.717) is 0 Å². The molecular formula is C13H24O6S. The molecule has 20 heavy (non-hydrogen) atoms. The largest absolute Gasteiger partial charge is 0.399 e. The highest BCUT2D eigenvalue weighted by Crippen LogP contribution is 2.07. The number of ketones is 2. The molecule has 118 valence electrons. The first-order valence-electron chi connectivity index (χ1n) is 6.94. The summed E-state index contributed by atoms with van der Waals surface area (Å²) in [6.45, 7) is 1.95. The van der Waals surface area contributed by atoms with Crippen LogP contribution in [0.5, 0.6) is 0 Å². The number of Topliss-reactive ketones (excluding diaryl/α,β-unsaturated/α-hetero) is 2. The second kappa shape index (κ2) is 10.9. The molecule has 0 N–H and O–H groups in total. The standard InChI is InChI=1S/C13H24O6S/c1-3-4-5-6-7-9-12(14)13(15)10-8-11-19-20(16,17)18-2/h3-11H2,1-2H3. The summed E-state index contributed by atoms with van der Waals surface area (Å²) in [5.41, 5.74) is 0. The normalized spacial score (nSPS) is 11.5. The molecule has 0 amide bonds. The van der Waals surface area contributed by atoms with Gasteiger partial charge in [0.2, 0.25) is 0 Å². The summed E-state index contributed by atoms with van der Waals surface area (Å²) < 4.78 is 30.1. The predicted molar refractivity (Wildman–Crippen MR) is 74.5 cm³/mol. The average molecular weight is 308 g/mol. The van der Waals surface area contributed by atoms with Gasteiger partial charge in [-0.2, -0.15) is 8.42 Å². The zero-order chi connectivity index (χ0) is 15.4. The van der Waals surface area contributed by atoms with Crippen LogP contribution in [0.3, 0.4) is 0 Å². The van der Waals surface area contributed by atoms with E-state index in [2.05, 4.69) is 15.3 Å². The molecule has 6 nitrogen and oxygen atoms in total. The smallest absolute Gasteiger partial charge is 0.291 e. The third-order valence-corrected chi connectivity index (χ3v) is 3.66. The second-order valence-corrected chi connectivity index (χ2v) is 5.90. The molecule has 7 heteroatoms. The molecule has 0 saturated heterocycles. The van der Waals surface area contributed by atoms with Crippen LogP contribution in [0.4, 0.5) is 0 Å². The summed E-state index contributed by atoms with van der Waals surface area (Å²) in [6.07, 6.45) is 5.53. The highest BCUT2D eigenvalue weighted by molar-refractivity contribution is 7.81. The first kappa shape index (κ1) is 19.2. The lowest BCUT2D eigenvalue weighted by molar-refractivity contribution is -0.136. The van der Waals surface area contributed by atoms with Crippen LogP contribution in [0.1, 0.15) is 58.3 Å². The SMILES string of the molecule is CCCCCCCC(=O)C(=O)CCCOS(=O)(=O)OC. The number of hydrogen-bond acceptors (Lipinski definition) is 6. The third-order valence-electron chi connectivity index (χ3n) is 2.80. The summed E-state index contributed by atoms with van der Waals surface area (Å²) in [6, 6.07) is 0. The van der Waals surface area contributed by atoms with Crippen LogP contribution < -0.4 is 0 Å². The molecule has 0 radical (unpaired) electrons. The van der Waals surface area contributed by atoms with Gasteiger partial charge < -0.3 is 0 Å². The van der Waals surface area contributed by atoms with Crippen LogP contribution in [-0.4, -0.2) is 33.7 Å². The van der Waals surface area contributed by atoms with Gasteiger partial charge in [-0.15, -0.1) is 0 Å². The topological polar surface area (TPSA) is 86.7 Å². The minimum Gasteiger partial charge on any atom is -0.291 e. The van der Waals surface area contributed by atoms with Crippen molar-refractivity contribution in [2.45, 2.75) is 58.3 Å². The van der Waals surface area contributed by atoms with Crippen molar-refractivity contribution in [3.63, 3.8) is 0 Å². The van der Waals surface area contributed by atoms with Crippen LogP contribution in [0.25, 0.3) is 0 Å². The first-order chi connectivity index (χ1) is 9.43. The molecule has 0 aliphatic rings. The quantitative estimate of drug-likeness (QED) is 0.383. The van der Waals surface area contributed by atoms with Crippen LogP contribution in [0.2, 0.25) is 0 Å². The summed E-state index contributed by atoms with van der Waals surface area (Å²) in [7, 11) is -2.97. The summed E-state index contributed by atoms with van der Waals surface area (Å²) in [4.78, 5) is 23.0. The van der Waals surface area contributed by atoms with E-state index in [4.69, 9.17) is 0 Å². The third kappa shape index (κ3) is 10.1. The minimum atomic E-state index is -3.96. The summed E-state index contributed by atoms with van der Waals surface area (Å²) in [5.74, 6) is -0.838. The zero-order valence-electron chi connectivity index (χ0n) is 12.2. The molecule has 0 saturated carbocycles. The molecule has 0 aromatic carbocycles.